The number of nitriles is 1. The molecule has 0 bridgehead atoms. The molecule has 1 heterocycles. The fourth-order valence-electron chi connectivity index (χ4n) is 1.83. The first-order valence-electron chi connectivity index (χ1n) is 6.18. The summed E-state index contributed by atoms with van der Waals surface area (Å²) >= 11 is 0. The third-order valence-corrected chi connectivity index (χ3v) is 2.63. The van der Waals surface area contributed by atoms with Crippen molar-refractivity contribution < 1.29 is 0 Å². The number of nitrogens with zero attached hydrogens (tertiary/aromatic N) is 3. The van der Waals surface area contributed by atoms with E-state index in [1.54, 1.807) is 0 Å². The average Bonchev–Trinajstić information content (AvgIpc) is 2.15. The minimum atomic E-state index is -0.208. The summed E-state index contributed by atoms with van der Waals surface area (Å²) in [6, 6.07) is 4.31. The second-order valence-corrected chi connectivity index (χ2v) is 5.31. The summed E-state index contributed by atoms with van der Waals surface area (Å²) in [5, 5.41) is 9.18. The molecule has 1 aromatic heterocycles. The number of aryl methyl sites for hydroxylation is 1. The second kappa shape index (κ2) is 5.77. The number of rotatable bonds is 4. The molecule has 3 nitrogen and oxygen atoms in total. The van der Waals surface area contributed by atoms with Crippen LogP contribution in [-0.2, 0) is 6.42 Å². The molecule has 92 valence electrons. The van der Waals surface area contributed by atoms with Gasteiger partial charge in [0, 0.05) is 11.4 Å². The Labute approximate surface area is 104 Å². The Morgan fingerprint density at radius 2 is 1.88 bits per heavy atom. The molecule has 1 aromatic rings. The first-order chi connectivity index (χ1) is 7.93. The van der Waals surface area contributed by atoms with E-state index in [1.165, 1.54) is 0 Å². The van der Waals surface area contributed by atoms with Crippen LogP contribution in [0.5, 0.6) is 0 Å². The Balaban J connectivity index is 3.08. The van der Waals surface area contributed by atoms with Crippen molar-refractivity contribution in [3.63, 3.8) is 0 Å². The maximum absolute atomic E-state index is 9.18. The standard InChI is InChI=1S/C14H21N3/c1-9(2)6-12-7-11(5)16-14(17-12)13(8-15)10(3)4/h7,9-10,13H,6H2,1-5H3. The maximum atomic E-state index is 9.18. The normalized spacial score (nSPS) is 12.8. The summed E-state index contributed by atoms with van der Waals surface area (Å²) in [6.45, 7) is 10.4. The molecule has 1 atom stereocenters. The highest BCUT2D eigenvalue weighted by atomic mass is 14.9. The zero-order chi connectivity index (χ0) is 13.0. The summed E-state index contributed by atoms with van der Waals surface area (Å²) in [6.07, 6.45) is 0.937. The zero-order valence-corrected chi connectivity index (χ0v) is 11.4. The van der Waals surface area contributed by atoms with Crippen LogP contribution in [-0.4, -0.2) is 9.97 Å². The molecule has 0 radical (unpaired) electrons. The lowest BCUT2D eigenvalue weighted by Gasteiger charge is -2.14. The summed E-state index contributed by atoms with van der Waals surface area (Å²) in [7, 11) is 0. The fraction of sp³-hybridized carbons (Fsp3) is 0.643. The smallest absolute Gasteiger partial charge is 0.146 e. The van der Waals surface area contributed by atoms with Crippen molar-refractivity contribution in [2.24, 2.45) is 11.8 Å². The highest BCUT2D eigenvalue weighted by Gasteiger charge is 2.19. The Bertz CT molecular complexity index is 416. The van der Waals surface area contributed by atoms with Crippen LogP contribution in [0.4, 0.5) is 0 Å². The summed E-state index contributed by atoms with van der Waals surface area (Å²) < 4.78 is 0. The van der Waals surface area contributed by atoms with Gasteiger partial charge >= 0.3 is 0 Å². The maximum Gasteiger partial charge on any atom is 0.146 e. The molecular weight excluding hydrogens is 210 g/mol. The van der Waals surface area contributed by atoms with Gasteiger partial charge < -0.3 is 0 Å². The number of hydrogen-bond donors (Lipinski definition) is 0. The van der Waals surface area contributed by atoms with Gasteiger partial charge in [-0.1, -0.05) is 27.7 Å². The minimum absolute atomic E-state index is 0.208. The molecule has 0 aliphatic rings. The average molecular weight is 231 g/mol. The number of aromatic nitrogens is 2. The van der Waals surface area contributed by atoms with E-state index in [0.717, 1.165) is 17.8 Å². The lowest BCUT2D eigenvalue weighted by Crippen LogP contribution is -2.12. The zero-order valence-electron chi connectivity index (χ0n) is 11.4. The minimum Gasteiger partial charge on any atom is -0.237 e. The summed E-state index contributed by atoms with van der Waals surface area (Å²) in [5.74, 6) is 1.28. The van der Waals surface area contributed by atoms with Gasteiger partial charge in [0.1, 0.15) is 11.7 Å². The van der Waals surface area contributed by atoms with Gasteiger partial charge in [-0.25, -0.2) is 9.97 Å². The monoisotopic (exact) mass is 231 g/mol. The third-order valence-electron chi connectivity index (χ3n) is 2.63. The molecule has 0 aliphatic carbocycles. The molecule has 0 saturated carbocycles. The van der Waals surface area contributed by atoms with E-state index in [2.05, 4.69) is 29.9 Å². The van der Waals surface area contributed by atoms with E-state index in [4.69, 9.17) is 0 Å². The van der Waals surface area contributed by atoms with Crippen LogP contribution in [0.1, 0.15) is 50.8 Å². The van der Waals surface area contributed by atoms with Gasteiger partial charge in [0.05, 0.1) is 6.07 Å². The summed E-state index contributed by atoms with van der Waals surface area (Å²) in [5.41, 5.74) is 2.00. The topological polar surface area (TPSA) is 49.6 Å². The number of hydrogen-bond acceptors (Lipinski definition) is 3. The lowest BCUT2D eigenvalue weighted by molar-refractivity contribution is 0.551. The van der Waals surface area contributed by atoms with Crippen LogP contribution in [0.3, 0.4) is 0 Å². The van der Waals surface area contributed by atoms with Crippen LogP contribution < -0.4 is 0 Å². The summed E-state index contributed by atoms with van der Waals surface area (Å²) in [4.78, 5) is 8.93. The SMILES string of the molecule is Cc1cc(CC(C)C)nc(C(C#N)C(C)C)n1. The Morgan fingerprint density at radius 3 is 2.35 bits per heavy atom. The van der Waals surface area contributed by atoms with Crippen LogP contribution in [0.15, 0.2) is 6.07 Å². The predicted molar refractivity (Wildman–Crippen MR) is 68.5 cm³/mol. The third kappa shape index (κ3) is 3.81. The molecule has 0 spiro atoms. The van der Waals surface area contributed by atoms with Gasteiger partial charge in [0.25, 0.3) is 0 Å². The highest BCUT2D eigenvalue weighted by Crippen LogP contribution is 2.21. The van der Waals surface area contributed by atoms with Crippen molar-refractivity contribution in [1.82, 2.24) is 9.97 Å². The Morgan fingerprint density at radius 1 is 1.24 bits per heavy atom. The van der Waals surface area contributed by atoms with Crippen molar-refractivity contribution in [2.75, 3.05) is 0 Å². The van der Waals surface area contributed by atoms with Crippen LogP contribution in [0.2, 0.25) is 0 Å². The molecule has 1 unspecified atom stereocenters. The molecular formula is C14H21N3. The first kappa shape index (κ1) is 13.6. The molecule has 0 amide bonds. The van der Waals surface area contributed by atoms with E-state index < -0.39 is 0 Å². The van der Waals surface area contributed by atoms with E-state index in [0.29, 0.717) is 11.7 Å². The quantitative estimate of drug-likeness (QED) is 0.799. The van der Waals surface area contributed by atoms with Gasteiger partial charge in [-0.2, -0.15) is 5.26 Å². The largest absolute Gasteiger partial charge is 0.237 e. The van der Waals surface area contributed by atoms with Crippen LogP contribution >= 0.6 is 0 Å². The highest BCUT2D eigenvalue weighted by molar-refractivity contribution is 5.17. The van der Waals surface area contributed by atoms with Gasteiger partial charge in [0.2, 0.25) is 0 Å². The van der Waals surface area contributed by atoms with Gasteiger partial charge in [-0.15, -0.1) is 0 Å². The van der Waals surface area contributed by atoms with Crippen molar-refractivity contribution in [1.29, 1.82) is 5.26 Å². The van der Waals surface area contributed by atoms with E-state index in [-0.39, 0.29) is 11.8 Å². The van der Waals surface area contributed by atoms with Crippen LogP contribution in [0, 0.1) is 30.1 Å². The molecule has 17 heavy (non-hydrogen) atoms. The molecule has 0 fully saturated rings. The molecule has 0 saturated heterocycles. The molecule has 3 heteroatoms. The molecule has 0 N–H and O–H groups in total. The van der Waals surface area contributed by atoms with Gasteiger partial charge in [0.15, 0.2) is 0 Å². The molecule has 1 rings (SSSR count). The van der Waals surface area contributed by atoms with E-state index in [9.17, 15) is 5.26 Å². The Hall–Kier alpha value is -1.43. The molecule has 0 aliphatic heterocycles. The van der Waals surface area contributed by atoms with Crippen molar-refractivity contribution in [2.45, 2.75) is 47.0 Å². The lowest BCUT2D eigenvalue weighted by atomic mass is 9.96. The van der Waals surface area contributed by atoms with Crippen molar-refractivity contribution in [3.05, 3.63) is 23.3 Å². The van der Waals surface area contributed by atoms with Crippen molar-refractivity contribution in [3.8, 4) is 6.07 Å². The first-order valence-corrected chi connectivity index (χ1v) is 6.18. The fourth-order valence-corrected chi connectivity index (χ4v) is 1.83. The van der Waals surface area contributed by atoms with Gasteiger partial charge in [-0.3, -0.25) is 0 Å². The van der Waals surface area contributed by atoms with Gasteiger partial charge in [-0.05, 0) is 31.2 Å². The van der Waals surface area contributed by atoms with E-state index >= 15 is 0 Å². The van der Waals surface area contributed by atoms with E-state index in [1.807, 2.05) is 26.8 Å². The predicted octanol–water partition coefficient (Wildman–Crippen LogP) is 3.25. The van der Waals surface area contributed by atoms with Crippen LogP contribution in [0.25, 0.3) is 0 Å². The second-order valence-electron chi connectivity index (χ2n) is 5.31. The van der Waals surface area contributed by atoms with Crippen molar-refractivity contribution >= 4 is 0 Å². The molecule has 0 aromatic carbocycles. The Kier molecular flexibility index (Phi) is 4.62.